The number of aliphatic hydroxyl groups is 1. The fourth-order valence-electron chi connectivity index (χ4n) is 4.44. The molecular formula is C28H20FN3O5S2. The molecule has 2 aliphatic heterocycles. The van der Waals surface area contributed by atoms with Gasteiger partial charge in [0.25, 0.3) is 5.78 Å². The van der Waals surface area contributed by atoms with Crippen LogP contribution in [0.4, 0.5) is 9.52 Å². The first kappa shape index (κ1) is 25.1. The predicted molar refractivity (Wildman–Crippen MR) is 145 cm³/mol. The fourth-order valence-corrected chi connectivity index (χ4v) is 6.27. The van der Waals surface area contributed by atoms with Crippen LogP contribution in [0.3, 0.4) is 0 Å². The van der Waals surface area contributed by atoms with E-state index in [0.717, 1.165) is 21.8 Å². The Hall–Kier alpha value is -4.22. The molecule has 0 bridgehead atoms. The van der Waals surface area contributed by atoms with Crippen molar-refractivity contribution in [2.24, 2.45) is 0 Å². The lowest BCUT2D eigenvalue weighted by Gasteiger charge is -2.23. The van der Waals surface area contributed by atoms with E-state index in [0.29, 0.717) is 34.8 Å². The molecular weight excluding hydrogens is 541 g/mol. The zero-order valence-corrected chi connectivity index (χ0v) is 21.9. The molecule has 0 saturated carbocycles. The number of ether oxygens (including phenoxy) is 2. The number of amides is 1. The summed E-state index contributed by atoms with van der Waals surface area (Å²) in [4.78, 5) is 27.8. The molecule has 4 aromatic rings. The number of anilines is 1. The van der Waals surface area contributed by atoms with Gasteiger partial charge in [-0.05, 0) is 29.8 Å². The van der Waals surface area contributed by atoms with Crippen molar-refractivity contribution in [2.45, 2.75) is 16.1 Å². The monoisotopic (exact) mass is 561 g/mol. The van der Waals surface area contributed by atoms with Gasteiger partial charge >= 0.3 is 5.91 Å². The molecule has 3 aromatic carbocycles. The SMILES string of the molecule is O=C1C(=O)N(c2nnc(SCc3ccccc3)s2)C(c2ccccc2F)C1=C(O)c1ccc2c(c1)OCCO2. The van der Waals surface area contributed by atoms with E-state index in [2.05, 4.69) is 10.2 Å². The maximum atomic E-state index is 15.1. The Kier molecular flexibility index (Phi) is 6.76. The lowest BCUT2D eigenvalue weighted by molar-refractivity contribution is -0.132. The van der Waals surface area contributed by atoms with Crippen molar-refractivity contribution >= 4 is 45.7 Å². The summed E-state index contributed by atoms with van der Waals surface area (Å²) in [7, 11) is 0. The number of carbonyl (C=O) groups excluding carboxylic acids is 2. The molecule has 2 aliphatic rings. The normalized spacial score (nSPS) is 18.0. The largest absolute Gasteiger partial charge is 0.507 e. The summed E-state index contributed by atoms with van der Waals surface area (Å²) in [5.41, 5.74) is 1.11. The first-order valence-corrected chi connectivity index (χ1v) is 13.8. The van der Waals surface area contributed by atoms with Crippen molar-refractivity contribution in [3.8, 4) is 11.5 Å². The minimum atomic E-state index is -1.25. The van der Waals surface area contributed by atoms with Gasteiger partial charge < -0.3 is 14.6 Å². The Bertz CT molecular complexity index is 1610. The highest BCUT2D eigenvalue weighted by Gasteiger charge is 2.49. The molecule has 8 nitrogen and oxygen atoms in total. The van der Waals surface area contributed by atoms with Crippen molar-refractivity contribution in [3.63, 3.8) is 0 Å². The summed E-state index contributed by atoms with van der Waals surface area (Å²) < 4.78 is 26.9. The molecule has 0 radical (unpaired) electrons. The Balaban J connectivity index is 1.41. The van der Waals surface area contributed by atoms with Crippen LogP contribution in [0.1, 0.15) is 22.7 Å². The van der Waals surface area contributed by atoms with E-state index in [1.165, 1.54) is 36.0 Å². The van der Waals surface area contributed by atoms with E-state index in [1.54, 1.807) is 18.2 Å². The highest BCUT2D eigenvalue weighted by Crippen LogP contribution is 2.45. The van der Waals surface area contributed by atoms with Crippen LogP contribution in [0, 0.1) is 5.82 Å². The number of benzene rings is 3. The maximum Gasteiger partial charge on any atom is 0.301 e. The number of Topliss-reactive ketones (excluding diaryl/α,β-unsaturated/α-hetero) is 1. The van der Waals surface area contributed by atoms with Gasteiger partial charge in [0.15, 0.2) is 15.8 Å². The molecule has 39 heavy (non-hydrogen) atoms. The van der Waals surface area contributed by atoms with Crippen LogP contribution in [-0.2, 0) is 15.3 Å². The zero-order chi connectivity index (χ0) is 26.9. The summed E-state index contributed by atoms with van der Waals surface area (Å²) in [5.74, 6) is -1.45. The van der Waals surface area contributed by atoms with Crippen LogP contribution in [0.5, 0.6) is 11.5 Å². The van der Waals surface area contributed by atoms with Gasteiger partial charge in [-0.2, -0.15) is 0 Å². The first-order valence-electron chi connectivity index (χ1n) is 12.0. The Labute approximate surface area is 230 Å². The summed E-state index contributed by atoms with van der Waals surface area (Å²) in [5, 5.41) is 19.8. The number of hydrogen-bond acceptors (Lipinski definition) is 9. The number of nitrogens with zero attached hydrogens (tertiary/aromatic N) is 3. The summed E-state index contributed by atoms with van der Waals surface area (Å²) in [6.45, 7) is 0.725. The molecule has 6 rings (SSSR count). The summed E-state index contributed by atoms with van der Waals surface area (Å²) in [6.07, 6.45) is 0. The van der Waals surface area contributed by atoms with Crippen molar-refractivity contribution in [3.05, 3.63) is 101 Å². The lowest BCUT2D eigenvalue weighted by atomic mass is 9.95. The quantitative estimate of drug-likeness (QED) is 0.110. The molecule has 1 aromatic heterocycles. The van der Waals surface area contributed by atoms with Gasteiger partial charge in [-0.1, -0.05) is 71.6 Å². The van der Waals surface area contributed by atoms with Gasteiger partial charge in [0, 0.05) is 16.9 Å². The second-order valence-electron chi connectivity index (χ2n) is 8.67. The number of aliphatic hydroxyl groups excluding tert-OH is 1. The second kappa shape index (κ2) is 10.5. The van der Waals surface area contributed by atoms with Gasteiger partial charge in [0.2, 0.25) is 5.13 Å². The minimum absolute atomic E-state index is 0.0458. The molecule has 1 atom stereocenters. The number of hydrogen-bond donors (Lipinski definition) is 1. The minimum Gasteiger partial charge on any atom is -0.507 e. The van der Waals surface area contributed by atoms with E-state index in [9.17, 15) is 14.7 Å². The molecule has 1 N–H and O–H groups in total. The molecule has 11 heteroatoms. The number of aromatic nitrogens is 2. The van der Waals surface area contributed by atoms with Crippen molar-refractivity contribution in [1.82, 2.24) is 10.2 Å². The molecule has 3 heterocycles. The number of fused-ring (bicyclic) bond motifs is 1. The van der Waals surface area contributed by atoms with E-state index in [4.69, 9.17) is 9.47 Å². The van der Waals surface area contributed by atoms with Crippen LogP contribution < -0.4 is 14.4 Å². The Morgan fingerprint density at radius 1 is 1.00 bits per heavy atom. The number of carbonyl (C=O) groups is 2. The third kappa shape index (κ3) is 4.75. The van der Waals surface area contributed by atoms with Crippen molar-refractivity contribution in [1.29, 1.82) is 0 Å². The van der Waals surface area contributed by atoms with E-state index >= 15 is 4.39 Å². The van der Waals surface area contributed by atoms with Crippen LogP contribution in [0.25, 0.3) is 5.76 Å². The van der Waals surface area contributed by atoms with Gasteiger partial charge in [0.1, 0.15) is 30.8 Å². The highest BCUT2D eigenvalue weighted by atomic mass is 32.2. The van der Waals surface area contributed by atoms with E-state index in [1.807, 2.05) is 30.3 Å². The van der Waals surface area contributed by atoms with Crippen LogP contribution in [-0.4, -0.2) is 40.2 Å². The molecule has 0 aliphatic carbocycles. The second-order valence-corrected chi connectivity index (χ2v) is 10.9. The first-order chi connectivity index (χ1) is 19.0. The van der Waals surface area contributed by atoms with Gasteiger partial charge in [-0.15, -0.1) is 10.2 Å². The maximum absolute atomic E-state index is 15.1. The van der Waals surface area contributed by atoms with Gasteiger partial charge in [-0.3, -0.25) is 14.5 Å². The average molecular weight is 562 g/mol. The Morgan fingerprint density at radius 3 is 2.54 bits per heavy atom. The van der Waals surface area contributed by atoms with E-state index in [-0.39, 0.29) is 21.8 Å². The number of ketones is 1. The van der Waals surface area contributed by atoms with Crippen molar-refractivity contribution < 1.29 is 28.6 Å². The summed E-state index contributed by atoms with van der Waals surface area (Å²) in [6, 6.07) is 19.1. The molecule has 1 fully saturated rings. The summed E-state index contributed by atoms with van der Waals surface area (Å²) >= 11 is 2.55. The third-order valence-electron chi connectivity index (χ3n) is 6.27. The van der Waals surface area contributed by atoms with E-state index < -0.39 is 29.3 Å². The average Bonchev–Trinajstić information content (AvgIpc) is 3.54. The van der Waals surface area contributed by atoms with Crippen LogP contribution in [0.15, 0.2) is 82.7 Å². The fraction of sp³-hybridized carbons (Fsp3) is 0.143. The highest BCUT2D eigenvalue weighted by molar-refractivity contribution is 8.00. The van der Waals surface area contributed by atoms with Crippen LogP contribution >= 0.6 is 23.1 Å². The van der Waals surface area contributed by atoms with Crippen molar-refractivity contribution in [2.75, 3.05) is 18.1 Å². The molecule has 1 saturated heterocycles. The molecule has 1 unspecified atom stereocenters. The van der Waals surface area contributed by atoms with Gasteiger partial charge in [0.05, 0.1) is 5.57 Å². The smallest absolute Gasteiger partial charge is 0.301 e. The number of halogens is 1. The molecule has 1 amide bonds. The van der Waals surface area contributed by atoms with Gasteiger partial charge in [-0.25, -0.2) is 4.39 Å². The zero-order valence-electron chi connectivity index (χ0n) is 20.2. The number of rotatable bonds is 6. The standard InChI is InChI=1S/C28H20FN3O5S2/c29-19-9-5-4-8-18(19)23-22(24(33)17-10-11-20-21(14-17)37-13-12-36-20)25(34)26(35)32(23)27-30-31-28(39-27)38-15-16-6-2-1-3-7-16/h1-11,14,23,33H,12-13,15H2. The topological polar surface area (TPSA) is 102 Å². The number of thioether (sulfide) groups is 1. The Morgan fingerprint density at radius 2 is 1.74 bits per heavy atom. The van der Waals surface area contributed by atoms with Crippen LogP contribution in [0.2, 0.25) is 0 Å². The third-order valence-corrected chi connectivity index (χ3v) is 8.39. The lowest BCUT2D eigenvalue weighted by Crippen LogP contribution is -2.29. The predicted octanol–water partition coefficient (Wildman–Crippen LogP) is 5.37. The molecule has 0 spiro atoms. The molecule has 196 valence electrons.